The number of guanidine groups is 1. The second-order valence-electron chi connectivity index (χ2n) is 5.12. The summed E-state index contributed by atoms with van der Waals surface area (Å²) in [7, 11) is 1.79. The highest BCUT2D eigenvalue weighted by Gasteiger charge is 2.13. The fourth-order valence-electron chi connectivity index (χ4n) is 2.40. The average molecular weight is 437 g/mol. The summed E-state index contributed by atoms with van der Waals surface area (Å²) in [6.07, 6.45) is 1.74. The van der Waals surface area contributed by atoms with Crippen LogP contribution in [0.5, 0.6) is 0 Å². The van der Waals surface area contributed by atoms with Crippen LogP contribution in [-0.2, 0) is 19.4 Å². The zero-order valence-electron chi connectivity index (χ0n) is 15.1. The van der Waals surface area contributed by atoms with Crippen molar-refractivity contribution in [3.63, 3.8) is 0 Å². The van der Waals surface area contributed by atoms with E-state index in [4.69, 9.17) is 4.52 Å². The van der Waals surface area contributed by atoms with Crippen molar-refractivity contribution in [3.8, 4) is 0 Å². The smallest absolute Gasteiger partial charge is 0.191 e. The summed E-state index contributed by atoms with van der Waals surface area (Å²) in [4.78, 5) is 6.65. The van der Waals surface area contributed by atoms with Crippen molar-refractivity contribution in [1.29, 1.82) is 0 Å². The monoisotopic (exact) mass is 437 g/mol. The second kappa shape index (κ2) is 12.6. The van der Waals surface area contributed by atoms with Gasteiger partial charge in [-0.25, -0.2) is 0 Å². The average Bonchev–Trinajstić information content (AvgIpc) is 2.96. The zero-order chi connectivity index (χ0) is 16.4. The van der Waals surface area contributed by atoms with Crippen molar-refractivity contribution >= 4 is 29.9 Å². The molecule has 0 aliphatic heterocycles. The zero-order valence-corrected chi connectivity index (χ0v) is 17.4. The Morgan fingerprint density at radius 3 is 2.35 bits per heavy atom. The Kier molecular flexibility index (Phi) is 12.1. The molecule has 0 bridgehead atoms. The number of aryl methyl sites for hydroxylation is 2. The molecule has 23 heavy (non-hydrogen) atoms. The molecule has 1 aromatic rings. The molecular formula is C16H32IN5O. The number of likely N-dealkylation sites (N-methyl/N-ethyl adjacent to an activating group) is 1. The molecule has 0 radical (unpaired) electrons. The van der Waals surface area contributed by atoms with E-state index in [1.54, 1.807) is 7.05 Å². The van der Waals surface area contributed by atoms with E-state index >= 15 is 0 Å². The van der Waals surface area contributed by atoms with Gasteiger partial charge in [-0.05, 0) is 19.5 Å². The highest BCUT2D eigenvalue weighted by Crippen LogP contribution is 2.15. The van der Waals surface area contributed by atoms with Crippen molar-refractivity contribution in [2.24, 2.45) is 4.99 Å². The molecule has 0 spiro atoms. The molecule has 0 saturated heterocycles. The Labute approximate surface area is 157 Å². The Hall–Kier alpha value is -0.830. The summed E-state index contributed by atoms with van der Waals surface area (Å²) < 4.78 is 5.39. The highest BCUT2D eigenvalue weighted by atomic mass is 127. The molecule has 0 unspecified atom stereocenters. The first-order valence-electron chi connectivity index (χ1n) is 8.33. The first-order valence-corrected chi connectivity index (χ1v) is 8.33. The van der Waals surface area contributed by atoms with Gasteiger partial charge in [-0.2, -0.15) is 0 Å². The van der Waals surface area contributed by atoms with Crippen LogP contribution in [0.1, 0.15) is 44.7 Å². The molecular weight excluding hydrogens is 405 g/mol. The van der Waals surface area contributed by atoms with Crippen LogP contribution in [0.4, 0.5) is 0 Å². The molecule has 0 fully saturated rings. The quantitative estimate of drug-likeness (QED) is 0.353. The van der Waals surface area contributed by atoms with Crippen LogP contribution in [-0.4, -0.2) is 49.2 Å². The minimum atomic E-state index is 0. The van der Waals surface area contributed by atoms with Crippen molar-refractivity contribution in [3.05, 3.63) is 17.0 Å². The van der Waals surface area contributed by atoms with Gasteiger partial charge in [-0.3, -0.25) is 4.99 Å². The van der Waals surface area contributed by atoms with Gasteiger partial charge in [0.1, 0.15) is 5.76 Å². The van der Waals surface area contributed by atoms with Gasteiger partial charge in [-0.1, -0.05) is 32.9 Å². The standard InChI is InChI=1S/C16H31N5O.HI/c1-6-14-13(15(7-2)22-20-14)12-19-16(17-5)18-10-11-21(8-3)9-4;/h6-12H2,1-5H3,(H2,17,18,19);1H. The Morgan fingerprint density at radius 2 is 1.83 bits per heavy atom. The van der Waals surface area contributed by atoms with Gasteiger partial charge < -0.3 is 20.1 Å². The molecule has 1 aromatic heterocycles. The van der Waals surface area contributed by atoms with E-state index in [-0.39, 0.29) is 24.0 Å². The van der Waals surface area contributed by atoms with Gasteiger partial charge in [-0.15, -0.1) is 24.0 Å². The summed E-state index contributed by atoms with van der Waals surface area (Å²) in [6, 6.07) is 0. The number of aromatic nitrogens is 1. The lowest BCUT2D eigenvalue weighted by Crippen LogP contribution is -2.41. The molecule has 1 rings (SSSR count). The molecule has 0 saturated carbocycles. The molecule has 7 heteroatoms. The number of hydrogen-bond donors (Lipinski definition) is 2. The SMILES string of the molecule is CCc1noc(CC)c1CNC(=NC)NCCN(CC)CC.I. The maximum absolute atomic E-state index is 5.39. The number of rotatable bonds is 9. The van der Waals surface area contributed by atoms with Crippen LogP contribution in [0.2, 0.25) is 0 Å². The van der Waals surface area contributed by atoms with Crippen molar-refractivity contribution in [2.45, 2.75) is 47.1 Å². The van der Waals surface area contributed by atoms with E-state index in [1.807, 2.05) is 0 Å². The molecule has 6 nitrogen and oxygen atoms in total. The van der Waals surface area contributed by atoms with Gasteiger partial charge in [0.05, 0.1) is 5.69 Å². The number of aliphatic imine (C=N–C) groups is 1. The maximum Gasteiger partial charge on any atom is 0.191 e. The van der Waals surface area contributed by atoms with Gasteiger partial charge in [0.25, 0.3) is 0 Å². The molecule has 1 heterocycles. The van der Waals surface area contributed by atoms with E-state index in [1.165, 1.54) is 0 Å². The fraction of sp³-hybridized carbons (Fsp3) is 0.750. The molecule has 134 valence electrons. The summed E-state index contributed by atoms with van der Waals surface area (Å²) >= 11 is 0. The molecule has 2 N–H and O–H groups in total. The van der Waals surface area contributed by atoms with Crippen LogP contribution < -0.4 is 10.6 Å². The summed E-state index contributed by atoms with van der Waals surface area (Å²) in [5.74, 6) is 1.78. The van der Waals surface area contributed by atoms with Crippen molar-refractivity contribution < 1.29 is 4.52 Å². The molecule has 0 aliphatic carbocycles. The Balaban J connectivity index is 0.00000484. The number of halogens is 1. The summed E-state index contributed by atoms with van der Waals surface area (Å²) in [5.41, 5.74) is 2.19. The normalized spacial score (nSPS) is 11.5. The Morgan fingerprint density at radius 1 is 1.13 bits per heavy atom. The maximum atomic E-state index is 5.39. The molecule has 0 amide bonds. The number of nitrogens with zero attached hydrogens (tertiary/aromatic N) is 3. The molecule has 0 aliphatic rings. The second-order valence-corrected chi connectivity index (χ2v) is 5.12. The van der Waals surface area contributed by atoms with Crippen LogP contribution in [0.25, 0.3) is 0 Å². The van der Waals surface area contributed by atoms with E-state index in [9.17, 15) is 0 Å². The number of hydrogen-bond acceptors (Lipinski definition) is 4. The number of nitrogens with one attached hydrogen (secondary N) is 2. The van der Waals surface area contributed by atoms with Gasteiger partial charge in [0.15, 0.2) is 5.96 Å². The van der Waals surface area contributed by atoms with E-state index in [0.717, 1.165) is 62.0 Å². The highest BCUT2D eigenvalue weighted by molar-refractivity contribution is 14.0. The first-order chi connectivity index (χ1) is 10.7. The van der Waals surface area contributed by atoms with E-state index in [2.05, 4.69) is 53.4 Å². The van der Waals surface area contributed by atoms with E-state index < -0.39 is 0 Å². The van der Waals surface area contributed by atoms with Crippen LogP contribution in [0, 0.1) is 0 Å². The van der Waals surface area contributed by atoms with Crippen LogP contribution in [0.3, 0.4) is 0 Å². The third-order valence-corrected chi connectivity index (χ3v) is 3.88. The first kappa shape index (κ1) is 22.2. The lowest BCUT2D eigenvalue weighted by Gasteiger charge is -2.19. The fourth-order valence-corrected chi connectivity index (χ4v) is 2.40. The minimum absolute atomic E-state index is 0. The summed E-state index contributed by atoms with van der Waals surface area (Å²) in [5, 5.41) is 10.8. The largest absolute Gasteiger partial charge is 0.361 e. The summed E-state index contributed by atoms with van der Waals surface area (Å²) in [6.45, 7) is 13.3. The van der Waals surface area contributed by atoms with E-state index in [0.29, 0.717) is 6.54 Å². The minimum Gasteiger partial charge on any atom is -0.361 e. The van der Waals surface area contributed by atoms with Crippen LogP contribution in [0.15, 0.2) is 9.52 Å². The van der Waals surface area contributed by atoms with Gasteiger partial charge in [0.2, 0.25) is 0 Å². The van der Waals surface area contributed by atoms with Crippen molar-refractivity contribution in [1.82, 2.24) is 20.7 Å². The molecule has 0 atom stereocenters. The third-order valence-electron chi connectivity index (χ3n) is 3.88. The lowest BCUT2D eigenvalue weighted by atomic mass is 10.1. The van der Waals surface area contributed by atoms with Gasteiger partial charge in [0, 0.05) is 38.7 Å². The Bertz CT molecular complexity index is 436. The molecule has 0 aromatic carbocycles. The van der Waals surface area contributed by atoms with Crippen LogP contribution >= 0.6 is 24.0 Å². The lowest BCUT2D eigenvalue weighted by molar-refractivity contribution is 0.308. The predicted molar refractivity (Wildman–Crippen MR) is 107 cm³/mol. The van der Waals surface area contributed by atoms with Gasteiger partial charge >= 0.3 is 0 Å². The van der Waals surface area contributed by atoms with Crippen molar-refractivity contribution in [2.75, 3.05) is 33.2 Å². The third kappa shape index (κ3) is 7.07. The topological polar surface area (TPSA) is 65.7 Å². The predicted octanol–water partition coefficient (Wildman–Crippen LogP) is 2.42.